The van der Waals surface area contributed by atoms with Gasteiger partial charge in [0.1, 0.15) is 5.75 Å². The Morgan fingerprint density at radius 1 is 0.931 bits per heavy atom. The predicted octanol–water partition coefficient (Wildman–Crippen LogP) is 5.13. The van der Waals surface area contributed by atoms with E-state index in [0.29, 0.717) is 23.6 Å². The molecule has 2 aromatic rings. The highest BCUT2D eigenvalue weighted by Gasteiger charge is 2.21. The van der Waals surface area contributed by atoms with Crippen LogP contribution in [0.4, 0.5) is 5.69 Å². The van der Waals surface area contributed by atoms with Crippen molar-refractivity contribution < 1.29 is 14.3 Å². The number of ether oxygens (including phenoxy) is 1. The minimum Gasteiger partial charge on any atom is -0.480 e. The number of hydrogen-bond donors (Lipinski definition) is 2. The first-order valence-electron chi connectivity index (χ1n) is 10.3. The molecule has 0 saturated carbocycles. The van der Waals surface area contributed by atoms with E-state index in [9.17, 15) is 9.59 Å². The van der Waals surface area contributed by atoms with Crippen LogP contribution in [0.1, 0.15) is 69.3 Å². The van der Waals surface area contributed by atoms with Gasteiger partial charge < -0.3 is 15.4 Å². The van der Waals surface area contributed by atoms with Gasteiger partial charge in [0.15, 0.2) is 6.10 Å². The lowest BCUT2D eigenvalue weighted by molar-refractivity contribution is -0.122. The molecule has 2 N–H and O–H groups in total. The molecule has 0 bridgehead atoms. The Kier molecular flexibility index (Phi) is 8.25. The van der Waals surface area contributed by atoms with Gasteiger partial charge in [-0.25, -0.2) is 0 Å². The van der Waals surface area contributed by atoms with Crippen LogP contribution >= 0.6 is 0 Å². The maximum atomic E-state index is 12.7. The van der Waals surface area contributed by atoms with Crippen LogP contribution in [0.5, 0.6) is 5.75 Å². The van der Waals surface area contributed by atoms with Gasteiger partial charge in [0.25, 0.3) is 11.8 Å². The second-order valence-corrected chi connectivity index (χ2v) is 7.56. The van der Waals surface area contributed by atoms with Gasteiger partial charge in [-0.1, -0.05) is 39.0 Å². The summed E-state index contributed by atoms with van der Waals surface area (Å²) in [7, 11) is 0. The van der Waals surface area contributed by atoms with Gasteiger partial charge in [-0.3, -0.25) is 9.59 Å². The molecule has 0 radical (unpaired) electrons. The van der Waals surface area contributed by atoms with E-state index in [0.717, 1.165) is 17.7 Å². The van der Waals surface area contributed by atoms with Crippen molar-refractivity contribution >= 4 is 17.5 Å². The fourth-order valence-corrected chi connectivity index (χ4v) is 2.96. The fourth-order valence-electron chi connectivity index (χ4n) is 2.96. The van der Waals surface area contributed by atoms with Gasteiger partial charge in [0.05, 0.1) is 0 Å². The summed E-state index contributed by atoms with van der Waals surface area (Å²) in [6, 6.07) is 14.8. The Labute approximate surface area is 173 Å². The molecule has 2 rings (SSSR count). The summed E-state index contributed by atoms with van der Waals surface area (Å²) < 4.78 is 6.08. The average Bonchev–Trinajstić information content (AvgIpc) is 2.71. The van der Waals surface area contributed by atoms with Gasteiger partial charge in [-0.15, -0.1) is 0 Å². The highest BCUT2D eigenvalue weighted by Crippen LogP contribution is 2.29. The molecule has 0 fully saturated rings. The summed E-state index contributed by atoms with van der Waals surface area (Å²) >= 11 is 0. The number of amides is 2. The van der Waals surface area contributed by atoms with Crippen molar-refractivity contribution in [1.29, 1.82) is 0 Å². The summed E-state index contributed by atoms with van der Waals surface area (Å²) in [5.41, 5.74) is 2.30. The quantitative estimate of drug-likeness (QED) is 0.617. The van der Waals surface area contributed by atoms with E-state index in [1.165, 1.54) is 0 Å². The van der Waals surface area contributed by atoms with Crippen molar-refractivity contribution in [2.45, 2.75) is 65.5 Å². The maximum absolute atomic E-state index is 12.7. The molecule has 5 heteroatoms. The molecule has 2 unspecified atom stereocenters. The Bertz CT molecular complexity index is 815. The Balaban J connectivity index is 2.06. The van der Waals surface area contributed by atoms with Crippen molar-refractivity contribution in [1.82, 2.24) is 5.32 Å². The van der Waals surface area contributed by atoms with E-state index in [4.69, 9.17) is 4.74 Å². The minimum atomic E-state index is -0.593. The summed E-state index contributed by atoms with van der Waals surface area (Å²) in [5.74, 6) is 0.779. The molecular formula is C24H32N2O3. The molecule has 0 spiro atoms. The first-order valence-corrected chi connectivity index (χ1v) is 10.3. The molecule has 0 aliphatic rings. The number of benzene rings is 2. The number of carbonyl (C=O) groups is 2. The van der Waals surface area contributed by atoms with Gasteiger partial charge in [0.2, 0.25) is 0 Å². The first-order chi connectivity index (χ1) is 13.8. The summed E-state index contributed by atoms with van der Waals surface area (Å²) in [5, 5.41) is 5.73. The average molecular weight is 397 g/mol. The maximum Gasteiger partial charge on any atom is 0.265 e. The molecule has 0 aliphatic heterocycles. The van der Waals surface area contributed by atoms with Crippen molar-refractivity contribution in [3.63, 3.8) is 0 Å². The second kappa shape index (κ2) is 10.6. The topological polar surface area (TPSA) is 67.4 Å². The Morgan fingerprint density at radius 3 is 2.17 bits per heavy atom. The van der Waals surface area contributed by atoms with Crippen molar-refractivity contribution in [2.75, 3.05) is 5.32 Å². The van der Waals surface area contributed by atoms with Crippen LogP contribution in [0.15, 0.2) is 48.5 Å². The monoisotopic (exact) mass is 396 g/mol. The lowest BCUT2D eigenvalue weighted by Crippen LogP contribution is -2.33. The molecule has 2 amide bonds. The fraction of sp³-hybridized carbons (Fsp3) is 0.417. The van der Waals surface area contributed by atoms with E-state index in [-0.39, 0.29) is 17.9 Å². The molecule has 2 atom stereocenters. The van der Waals surface area contributed by atoms with E-state index >= 15 is 0 Å². The van der Waals surface area contributed by atoms with Crippen molar-refractivity contribution in [3.05, 3.63) is 59.7 Å². The third kappa shape index (κ3) is 6.34. The molecule has 5 nitrogen and oxygen atoms in total. The number of hydrogen-bond acceptors (Lipinski definition) is 3. The molecule has 0 aliphatic carbocycles. The van der Waals surface area contributed by atoms with Crippen LogP contribution in [0.25, 0.3) is 0 Å². The highest BCUT2D eigenvalue weighted by atomic mass is 16.5. The van der Waals surface area contributed by atoms with Crippen LogP contribution in [-0.2, 0) is 4.79 Å². The lowest BCUT2D eigenvalue weighted by Gasteiger charge is -2.21. The molecule has 0 aromatic heterocycles. The van der Waals surface area contributed by atoms with Crippen LogP contribution in [0, 0.1) is 0 Å². The van der Waals surface area contributed by atoms with E-state index in [1.807, 2.05) is 39.0 Å². The Morgan fingerprint density at radius 2 is 1.59 bits per heavy atom. The molecule has 0 saturated heterocycles. The van der Waals surface area contributed by atoms with Gasteiger partial charge in [-0.05, 0) is 68.5 Å². The summed E-state index contributed by atoms with van der Waals surface area (Å²) in [6.07, 6.45) is 0.958. The normalized spacial score (nSPS) is 12.9. The second-order valence-electron chi connectivity index (χ2n) is 7.56. The lowest BCUT2D eigenvalue weighted by atomic mass is 9.98. The number of nitrogens with one attached hydrogen (secondary N) is 2. The highest BCUT2D eigenvalue weighted by molar-refractivity contribution is 5.97. The standard InChI is InChI=1S/C24H32N2O3/c1-6-17(5)20-10-8-9-11-22(20)29-21(7-2)24(28)26-19-14-12-18(13-15-19)23(27)25-16(3)4/h8-17,21H,6-7H2,1-5H3,(H,25,27)(H,26,28). The molecular weight excluding hydrogens is 364 g/mol. The molecule has 0 heterocycles. The minimum absolute atomic E-state index is 0.0719. The Hall–Kier alpha value is -2.82. The number of rotatable bonds is 9. The van der Waals surface area contributed by atoms with E-state index in [1.54, 1.807) is 24.3 Å². The van der Waals surface area contributed by atoms with Gasteiger partial charge in [-0.2, -0.15) is 0 Å². The van der Waals surface area contributed by atoms with E-state index in [2.05, 4.69) is 30.5 Å². The first kappa shape index (κ1) is 22.5. The molecule has 2 aromatic carbocycles. The zero-order valence-electron chi connectivity index (χ0n) is 18.0. The number of para-hydroxylation sites is 1. The van der Waals surface area contributed by atoms with Crippen LogP contribution < -0.4 is 15.4 Å². The van der Waals surface area contributed by atoms with Crippen LogP contribution in [0.2, 0.25) is 0 Å². The van der Waals surface area contributed by atoms with Gasteiger partial charge >= 0.3 is 0 Å². The molecule has 156 valence electrons. The van der Waals surface area contributed by atoms with E-state index < -0.39 is 6.10 Å². The zero-order valence-corrected chi connectivity index (χ0v) is 18.0. The van der Waals surface area contributed by atoms with Crippen molar-refractivity contribution in [2.24, 2.45) is 0 Å². The zero-order chi connectivity index (χ0) is 21.4. The SMILES string of the molecule is CCC(Oc1ccccc1C(C)CC)C(=O)Nc1ccc(C(=O)NC(C)C)cc1. The number of anilines is 1. The largest absolute Gasteiger partial charge is 0.480 e. The third-order valence-electron chi connectivity index (χ3n) is 4.83. The summed E-state index contributed by atoms with van der Waals surface area (Å²) in [6.45, 7) is 10.0. The van der Waals surface area contributed by atoms with Crippen LogP contribution in [0.3, 0.4) is 0 Å². The van der Waals surface area contributed by atoms with Crippen molar-refractivity contribution in [3.8, 4) is 5.75 Å². The molecule has 29 heavy (non-hydrogen) atoms. The third-order valence-corrected chi connectivity index (χ3v) is 4.83. The van der Waals surface area contributed by atoms with Gasteiger partial charge in [0, 0.05) is 17.3 Å². The summed E-state index contributed by atoms with van der Waals surface area (Å²) in [4.78, 5) is 24.8. The number of carbonyl (C=O) groups excluding carboxylic acids is 2. The predicted molar refractivity (Wildman–Crippen MR) is 118 cm³/mol. The smallest absolute Gasteiger partial charge is 0.265 e. The van der Waals surface area contributed by atoms with Crippen LogP contribution in [-0.4, -0.2) is 24.0 Å².